The van der Waals surface area contributed by atoms with Gasteiger partial charge >= 0.3 is 6.03 Å². The normalized spacial score (nSPS) is 20.6. The Kier molecular flexibility index (Phi) is 4.80. The third-order valence-corrected chi connectivity index (χ3v) is 4.29. The lowest BCUT2D eigenvalue weighted by Crippen LogP contribution is -2.41. The summed E-state index contributed by atoms with van der Waals surface area (Å²) in [4.78, 5) is 16.6. The van der Waals surface area contributed by atoms with E-state index in [9.17, 15) is 9.90 Å². The van der Waals surface area contributed by atoms with Gasteiger partial charge in [0.05, 0.1) is 17.5 Å². The highest BCUT2D eigenvalue weighted by Crippen LogP contribution is 2.21. The SMILES string of the molecule is Cc1nc(C)n(-c2ccccc2NC(=O)NC2CCC(O)CC2)n1. The highest BCUT2D eigenvalue weighted by molar-refractivity contribution is 5.91. The molecule has 0 radical (unpaired) electrons. The maximum Gasteiger partial charge on any atom is 0.319 e. The molecule has 2 amide bonds. The number of urea groups is 1. The van der Waals surface area contributed by atoms with E-state index < -0.39 is 0 Å². The van der Waals surface area contributed by atoms with Crippen molar-refractivity contribution in [3.05, 3.63) is 35.9 Å². The van der Waals surface area contributed by atoms with Crippen LogP contribution in [-0.4, -0.2) is 38.0 Å². The fourth-order valence-electron chi connectivity index (χ4n) is 3.08. The summed E-state index contributed by atoms with van der Waals surface area (Å²) in [6, 6.07) is 7.38. The summed E-state index contributed by atoms with van der Waals surface area (Å²) in [5, 5.41) is 19.8. The summed E-state index contributed by atoms with van der Waals surface area (Å²) in [5.41, 5.74) is 1.46. The smallest absolute Gasteiger partial charge is 0.319 e. The molecule has 0 unspecified atom stereocenters. The van der Waals surface area contributed by atoms with Crippen LogP contribution in [0.1, 0.15) is 37.3 Å². The molecule has 2 aromatic rings. The molecule has 1 aromatic carbocycles. The average Bonchev–Trinajstić information content (AvgIpc) is 2.88. The van der Waals surface area contributed by atoms with E-state index in [1.807, 2.05) is 38.1 Å². The molecule has 3 N–H and O–H groups in total. The Balaban J connectivity index is 1.71. The Hall–Kier alpha value is -2.41. The molecule has 1 heterocycles. The number of aliphatic hydroxyl groups excluding tert-OH is 1. The van der Waals surface area contributed by atoms with E-state index in [1.54, 1.807) is 4.68 Å². The molecule has 128 valence electrons. The molecule has 1 fully saturated rings. The number of carbonyl (C=O) groups excluding carboxylic acids is 1. The Morgan fingerprint density at radius 1 is 1.21 bits per heavy atom. The van der Waals surface area contributed by atoms with Crippen molar-refractivity contribution in [2.75, 3.05) is 5.32 Å². The number of carbonyl (C=O) groups is 1. The molecule has 1 saturated carbocycles. The summed E-state index contributed by atoms with van der Waals surface area (Å²) in [5.74, 6) is 1.45. The number of aryl methyl sites for hydroxylation is 2. The first-order chi connectivity index (χ1) is 11.5. The monoisotopic (exact) mass is 329 g/mol. The van der Waals surface area contributed by atoms with Gasteiger partial charge in [0, 0.05) is 6.04 Å². The number of hydrogen-bond acceptors (Lipinski definition) is 4. The molecular weight excluding hydrogens is 306 g/mol. The molecule has 24 heavy (non-hydrogen) atoms. The maximum atomic E-state index is 12.3. The number of amides is 2. The van der Waals surface area contributed by atoms with Crippen LogP contribution in [0.3, 0.4) is 0 Å². The molecule has 0 bridgehead atoms. The summed E-state index contributed by atoms with van der Waals surface area (Å²) in [6.07, 6.45) is 2.85. The Morgan fingerprint density at radius 2 is 1.92 bits per heavy atom. The lowest BCUT2D eigenvalue weighted by atomic mass is 9.93. The first-order valence-corrected chi connectivity index (χ1v) is 8.28. The Morgan fingerprint density at radius 3 is 2.58 bits per heavy atom. The number of para-hydroxylation sites is 2. The second kappa shape index (κ2) is 7.00. The summed E-state index contributed by atoms with van der Waals surface area (Å²) < 4.78 is 1.72. The van der Waals surface area contributed by atoms with Gasteiger partial charge in [0.25, 0.3) is 0 Å². The molecule has 1 aromatic heterocycles. The highest BCUT2D eigenvalue weighted by Gasteiger charge is 2.21. The zero-order valence-electron chi connectivity index (χ0n) is 14.0. The van der Waals surface area contributed by atoms with Crippen molar-refractivity contribution in [3.63, 3.8) is 0 Å². The largest absolute Gasteiger partial charge is 0.393 e. The van der Waals surface area contributed by atoms with Crippen LogP contribution in [0.25, 0.3) is 5.69 Å². The van der Waals surface area contributed by atoms with Crippen LogP contribution >= 0.6 is 0 Å². The summed E-state index contributed by atoms with van der Waals surface area (Å²) in [7, 11) is 0. The Bertz CT molecular complexity index is 720. The number of rotatable bonds is 3. The van der Waals surface area contributed by atoms with Crippen LogP contribution in [0.5, 0.6) is 0 Å². The second-order valence-electron chi connectivity index (χ2n) is 6.24. The number of anilines is 1. The van der Waals surface area contributed by atoms with Crippen LogP contribution in [0.4, 0.5) is 10.5 Å². The number of aliphatic hydroxyl groups is 1. The quantitative estimate of drug-likeness (QED) is 0.806. The van der Waals surface area contributed by atoms with Crippen LogP contribution in [-0.2, 0) is 0 Å². The molecule has 3 rings (SSSR count). The molecule has 7 heteroatoms. The zero-order chi connectivity index (χ0) is 17.1. The van der Waals surface area contributed by atoms with E-state index in [0.717, 1.165) is 37.2 Å². The van der Waals surface area contributed by atoms with E-state index in [2.05, 4.69) is 20.7 Å². The van der Waals surface area contributed by atoms with Gasteiger partial charge in [0.2, 0.25) is 0 Å². The Labute approximate surface area is 141 Å². The topological polar surface area (TPSA) is 92.1 Å². The predicted octanol–water partition coefficient (Wildman–Crippen LogP) is 2.31. The van der Waals surface area contributed by atoms with Gasteiger partial charge in [-0.05, 0) is 51.7 Å². The molecule has 0 saturated heterocycles. The van der Waals surface area contributed by atoms with Gasteiger partial charge < -0.3 is 15.7 Å². The van der Waals surface area contributed by atoms with Crippen LogP contribution in [0.2, 0.25) is 0 Å². The minimum absolute atomic E-state index is 0.107. The molecule has 1 aliphatic carbocycles. The van der Waals surface area contributed by atoms with Gasteiger partial charge in [-0.3, -0.25) is 0 Å². The van der Waals surface area contributed by atoms with E-state index in [4.69, 9.17) is 0 Å². The minimum Gasteiger partial charge on any atom is -0.393 e. The van der Waals surface area contributed by atoms with Crippen molar-refractivity contribution >= 4 is 11.7 Å². The number of benzene rings is 1. The fourth-order valence-corrected chi connectivity index (χ4v) is 3.08. The van der Waals surface area contributed by atoms with E-state index in [-0.39, 0.29) is 18.2 Å². The number of nitrogens with one attached hydrogen (secondary N) is 2. The van der Waals surface area contributed by atoms with Crippen LogP contribution in [0, 0.1) is 13.8 Å². The lowest BCUT2D eigenvalue weighted by Gasteiger charge is -2.26. The standard InChI is InChI=1S/C17H23N5O2/c1-11-18-12(2)22(21-11)16-6-4-3-5-15(16)20-17(24)19-13-7-9-14(23)10-8-13/h3-6,13-14,23H,7-10H2,1-2H3,(H2,19,20,24). The van der Waals surface area contributed by atoms with Gasteiger partial charge in [-0.2, -0.15) is 5.10 Å². The van der Waals surface area contributed by atoms with E-state index in [0.29, 0.717) is 11.5 Å². The zero-order valence-corrected chi connectivity index (χ0v) is 14.0. The van der Waals surface area contributed by atoms with Crippen molar-refractivity contribution < 1.29 is 9.90 Å². The van der Waals surface area contributed by atoms with Crippen LogP contribution in [0.15, 0.2) is 24.3 Å². The predicted molar refractivity (Wildman–Crippen MR) is 91.3 cm³/mol. The van der Waals surface area contributed by atoms with E-state index in [1.165, 1.54) is 0 Å². The average molecular weight is 329 g/mol. The van der Waals surface area contributed by atoms with Crippen molar-refractivity contribution in [3.8, 4) is 5.69 Å². The molecule has 7 nitrogen and oxygen atoms in total. The first kappa shape index (κ1) is 16.4. The van der Waals surface area contributed by atoms with Gasteiger partial charge in [0.1, 0.15) is 11.6 Å². The highest BCUT2D eigenvalue weighted by atomic mass is 16.3. The van der Waals surface area contributed by atoms with Crippen molar-refractivity contribution in [2.24, 2.45) is 0 Å². The summed E-state index contributed by atoms with van der Waals surface area (Å²) in [6.45, 7) is 3.72. The van der Waals surface area contributed by atoms with Crippen molar-refractivity contribution in [1.82, 2.24) is 20.1 Å². The van der Waals surface area contributed by atoms with Gasteiger partial charge in [-0.1, -0.05) is 12.1 Å². The van der Waals surface area contributed by atoms with Crippen molar-refractivity contribution in [1.29, 1.82) is 0 Å². The fraction of sp³-hybridized carbons (Fsp3) is 0.471. The third-order valence-electron chi connectivity index (χ3n) is 4.29. The summed E-state index contributed by atoms with van der Waals surface area (Å²) >= 11 is 0. The van der Waals surface area contributed by atoms with Crippen molar-refractivity contribution in [2.45, 2.75) is 51.7 Å². The third kappa shape index (κ3) is 3.73. The van der Waals surface area contributed by atoms with Gasteiger partial charge in [-0.15, -0.1) is 0 Å². The maximum absolute atomic E-state index is 12.3. The molecule has 0 aliphatic heterocycles. The second-order valence-corrected chi connectivity index (χ2v) is 6.24. The first-order valence-electron chi connectivity index (χ1n) is 8.28. The molecule has 0 atom stereocenters. The van der Waals surface area contributed by atoms with Gasteiger partial charge in [0.15, 0.2) is 0 Å². The molecule has 0 spiro atoms. The number of nitrogens with zero attached hydrogens (tertiary/aromatic N) is 3. The number of hydrogen-bond donors (Lipinski definition) is 3. The molecule has 1 aliphatic rings. The minimum atomic E-state index is -0.238. The molecular formula is C17H23N5O2. The van der Waals surface area contributed by atoms with Crippen LogP contribution < -0.4 is 10.6 Å². The number of aromatic nitrogens is 3. The van der Waals surface area contributed by atoms with Gasteiger partial charge in [-0.25, -0.2) is 14.5 Å². The lowest BCUT2D eigenvalue weighted by molar-refractivity contribution is 0.118. The van der Waals surface area contributed by atoms with E-state index >= 15 is 0 Å².